The molecule has 1 saturated carbocycles. The molecule has 6 rings (SSSR count). The highest BCUT2D eigenvalue weighted by Gasteiger charge is 2.51. The number of ether oxygens (including phenoxy) is 2. The number of hydrogen-bond donors (Lipinski definition) is 2. The van der Waals surface area contributed by atoms with Crippen molar-refractivity contribution >= 4 is 0 Å². The average molecular weight is 555 g/mol. The van der Waals surface area contributed by atoms with Crippen molar-refractivity contribution in [2.75, 3.05) is 13.1 Å². The van der Waals surface area contributed by atoms with Gasteiger partial charge in [-0.05, 0) is 64.0 Å². The zero-order valence-electron chi connectivity index (χ0n) is 25.1. The molecule has 3 fully saturated rings. The standard InChI is InChI=1S/C36H46N2O3/c1-24-32(20-38-23-36(4)18-31(38)17-35(2,3)22-36)40-34(41-33(24)28-10-8-25(21-39)9-11-28)29-14-12-27(13-15-29)30-7-5-6-26(16-30)19-37/h5-16,24,31-34,39H,17-23,37H2,1-4H3. The molecule has 2 aliphatic heterocycles. The van der Waals surface area contributed by atoms with E-state index in [2.05, 4.69) is 93.3 Å². The summed E-state index contributed by atoms with van der Waals surface area (Å²) in [6.45, 7) is 12.3. The molecule has 3 aliphatic rings. The number of benzene rings is 3. The van der Waals surface area contributed by atoms with E-state index >= 15 is 0 Å². The van der Waals surface area contributed by atoms with Crippen molar-refractivity contribution < 1.29 is 14.6 Å². The number of fused-ring (bicyclic) bond motifs is 2. The molecule has 41 heavy (non-hydrogen) atoms. The predicted octanol–water partition coefficient (Wildman–Crippen LogP) is 7.00. The normalized spacial score (nSPS) is 31.3. The Kier molecular flexibility index (Phi) is 7.86. The summed E-state index contributed by atoms with van der Waals surface area (Å²) >= 11 is 0. The summed E-state index contributed by atoms with van der Waals surface area (Å²) in [4.78, 5) is 2.72. The lowest BCUT2D eigenvalue weighted by Gasteiger charge is -2.43. The number of nitrogens with two attached hydrogens (primary N) is 1. The van der Waals surface area contributed by atoms with Gasteiger partial charge >= 0.3 is 0 Å². The number of rotatable bonds is 7. The molecule has 0 aromatic heterocycles. The molecule has 6 atom stereocenters. The first kappa shape index (κ1) is 28.6. The lowest BCUT2D eigenvalue weighted by Crippen LogP contribution is -2.46. The average Bonchev–Trinajstić information content (AvgIpc) is 3.21. The van der Waals surface area contributed by atoms with Gasteiger partial charge in [-0.15, -0.1) is 0 Å². The van der Waals surface area contributed by atoms with Crippen molar-refractivity contribution in [1.82, 2.24) is 4.90 Å². The Bertz CT molecular complexity index is 1340. The van der Waals surface area contributed by atoms with Gasteiger partial charge < -0.3 is 20.3 Å². The fraction of sp³-hybridized carbons (Fsp3) is 0.500. The van der Waals surface area contributed by atoms with Crippen LogP contribution in [-0.2, 0) is 22.6 Å². The quantitative estimate of drug-likeness (QED) is 0.329. The van der Waals surface area contributed by atoms with Gasteiger partial charge in [-0.25, -0.2) is 0 Å². The van der Waals surface area contributed by atoms with E-state index in [-0.39, 0.29) is 24.7 Å². The van der Waals surface area contributed by atoms with Crippen LogP contribution in [0, 0.1) is 16.7 Å². The molecule has 5 heteroatoms. The van der Waals surface area contributed by atoms with Gasteiger partial charge in [0.25, 0.3) is 0 Å². The number of hydrogen-bond acceptors (Lipinski definition) is 5. The van der Waals surface area contributed by atoms with E-state index in [1.807, 2.05) is 12.1 Å². The SMILES string of the molecule is CC1C(CN2CC3(C)CC2CC(C)(C)C3)OC(c2ccc(-c3cccc(CN)c3)cc2)OC1c1ccc(CO)cc1. The molecule has 0 amide bonds. The van der Waals surface area contributed by atoms with Crippen LogP contribution in [0.15, 0.2) is 72.8 Å². The van der Waals surface area contributed by atoms with Gasteiger partial charge in [0.1, 0.15) is 0 Å². The molecule has 3 aromatic rings. The van der Waals surface area contributed by atoms with Crippen LogP contribution in [0.3, 0.4) is 0 Å². The maximum atomic E-state index is 9.59. The lowest BCUT2D eigenvalue weighted by atomic mass is 9.65. The first-order chi connectivity index (χ1) is 19.6. The highest BCUT2D eigenvalue weighted by atomic mass is 16.7. The number of likely N-dealkylation sites (tertiary alicyclic amines) is 1. The maximum absolute atomic E-state index is 9.59. The third kappa shape index (κ3) is 6.02. The zero-order chi connectivity index (χ0) is 28.8. The van der Waals surface area contributed by atoms with Crippen LogP contribution in [0.2, 0.25) is 0 Å². The molecule has 3 aromatic carbocycles. The van der Waals surface area contributed by atoms with Gasteiger partial charge in [0.15, 0.2) is 6.29 Å². The Morgan fingerprint density at radius 2 is 1.61 bits per heavy atom. The largest absolute Gasteiger partial charge is 0.392 e. The molecule has 218 valence electrons. The minimum Gasteiger partial charge on any atom is -0.392 e. The number of nitrogens with zero attached hydrogens (tertiary/aromatic N) is 1. The predicted molar refractivity (Wildman–Crippen MR) is 164 cm³/mol. The van der Waals surface area contributed by atoms with Gasteiger partial charge in [0.05, 0.1) is 18.8 Å². The zero-order valence-corrected chi connectivity index (χ0v) is 25.1. The molecule has 2 bridgehead atoms. The van der Waals surface area contributed by atoms with Crippen LogP contribution < -0.4 is 5.73 Å². The summed E-state index contributed by atoms with van der Waals surface area (Å²) in [7, 11) is 0. The second-order valence-electron chi connectivity index (χ2n) is 14.0. The molecule has 6 unspecified atom stereocenters. The molecule has 5 nitrogen and oxygen atoms in total. The highest BCUT2D eigenvalue weighted by Crippen LogP contribution is 2.53. The number of aliphatic hydroxyl groups is 1. The molecule has 3 N–H and O–H groups in total. The van der Waals surface area contributed by atoms with E-state index in [9.17, 15) is 5.11 Å². The van der Waals surface area contributed by atoms with Crippen LogP contribution in [0.4, 0.5) is 0 Å². The molecule has 0 radical (unpaired) electrons. The molecule has 2 saturated heterocycles. The minimum atomic E-state index is -0.447. The second kappa shape index (κ2) is 11.3. The van der Waals surface area contributed by atoms with Crippen LogP contribution in [0.5, 0.6) is 0 Å². The van der Waals surface area contributed by atoms with Crippen molar-refractivity contribution in [2.45, 2.75) is 84.6 Å². The fourth-order valence-electron chi connectivity index (χ4n) is 8.06. The van der Waals surface area contributed by atoms with Gasteiger partial charge in [-0.2, -0.15) is 0 Å². The van der Waals surface area contributed by atoms with Crippen LogP contribution >= 0.6 is 0 Å². The Morgan fingerprint density at radius 3 is 2.32 bits per heavy atom. The fourth-order valence-corrected chi connectivity index (χ4v) is 8.06. The van der Waals surface area contributed by atoms with E-state index in [0.29, 0.717) is 23.4 Å². The van der Waals surface area contributed by atoms with Crippen molar-refractivity contribution in [1.29, 1.82) is 0 Å². The van der Waals surface area contributed by atoms with E-state index in [4.69, 9.17) is 15.2 Å². The molecular weight excluding hydrogens is 508 g/mol. The van der Waals surface area contributed by atoms with Crippen molar-refractivity contribution in [3.05, 3.63) is 95.1 Å². The van der Waals surface area contributed by atoms with Crippen molar-refractivity contribution in [2.24, 2.45) is 22.5 Å². The maximum Gasteiger partial charge on any atom is 0.184 e. The third-order valence-corrected chi connectivity index (χ3v) is 9.74. The highest BCUT2D eigenvalue weighted by molar-refractivity contribution is 5.64. The van der Waals surface area contributed by atoms with Gasteiger partial charge in [-0.3, -0.25) is 4.90 Å². The molecule has 1 aliphatic carbocycles. The van der Waals surface area contributed by atoms with Crippen molar-refractivity contribution in [3.8, 4) is 11.1 Å². The Morgan fingerprint density at radius 1 is 0.878 bits per heavy atom. The van der Waals surface area contributed by atoms with Gasteiger partial charge in [0.2, 0.25) is 0 Å². The molecule has 2 heterocycles. The minimum absolute atomic E-state index is 0.0434. The van der Waals surface area contributed by atoms with E-state index in [0.717, 1.165) is 46.5 Å². The Labute approximate surface area is 245 Å². The molecule has 0 spiro atoms. The van der Waals surface area contributed by atoms with E-state index < -0.39 is 6.29 Å². The summed E-state index contributed by atoms with van der Waals surface area (Å²) in [5.41, 5.74) is 13.2. The topological polar surface area (TPSA) is 68.0 Å². The van der Waals surface area contributed by atoms with E-state index in [1.165, 1.54) is 19.3 Å². The summed E-state index contributed by atoms with van der Waals surface area (Å²) in [6, 6.07) is 25.8. The first-order valence-corrected chi connectivity index (χ1v) is 15.3. The summed E-state index contributed by atoms with van der Waals surface area (Å²) in [6.07, 6.45) is 3.33. The van der Waals surface area contributed by atoms with Crippen LogP contribution in [-0.4, -0.2) is 35.2 Å². The number of aliphatic hydroxyl groups excluding tert-OH is 1. The van der Waals surface area contributed by atoms with E-state index in [1.54, 1.807) is 0 Å². The monoisotopic (exact) mass is 554 g/mol. The summed E-state index contributed by atoms with van der Waals surface area (Å²) in [5.74, 6) is 0.186. The third-order valence-electron chi connectivity index (χ3n) is 9.74. The van der Waals surface area contributed by atoms with Crippen molar-refractivity contribution in [3.63, 3.8) is 0 Å². The lowest BCUT2D eigenvalue weighted by molar-refractivity contribution is -0.276. The van der Waals surface area contributed by atoms with Crippen LogP contribution in [0.25, 0.3) is 11.1 Å². The molecular formula is C36H46N2O3. The second-order valence-corrected chi connectivity index (χ2v) is 14.0. The Balaban J connectivity index is 1.27. The van der Waals surface area contributed by atoms with Crippen LogP contribution in [0.1, 0.15) is 81.6 Å². The summed E-state index contributed by atoms with van der Waals surface area (Å²) < 4.78 is 13.6. The Hall–Kier alpha value is -2.54. The van der Waals surface area contributed by atoms with Gasteiger partial charge in [-0.1, -0.05) is 94.4 Å². The van der Waals surface area contributed by atoms with Gasteiger partial charge in [0, 0.05) is 37.2 Å². The smallest absolute Gasteiger partial charge is 0.184 e. The summed E-state index contributed by atoms with van der Waals surface area (Å²) in [5, 5.41) is 9.59. The first-order valence-electron chi connectivity index (χ1n) is 15.3.